The molecule has 3 amide bonds. The second kappa shape index (κ2) is 4.30. The summed E-state index contributed by atoms with van der Waals surface area (Å²) in [5.41, 5.74) is 6.75. The van der Waals surface area contributed by atoms with Gasteiger partial charge in [0.15, 0.2) is 0 Å². The zero-order valence-corrected chi connectivity index (χ0v) is 10.6. The van der Waals surface area contributed by atoms with Crippen LogP contribution in [0.3, 0.4) is 0 Å². The van der Waals surface area contributed by atoms with Crippen molar-refractivity contribution in [3.05, 3.63) is 29.3 Å². The second-order valence-corrected chi connectivity index (χ2v) is 4.82. The van der Waals surface area contributed by atoms with E-state index in [9.17, 15) is 14.4 Å². The summed E-state index contributed by atoms with van der Waals surface area (Å²) in [6, 6.07) is 3.86. The molecule has 1 fully saturated rings. The number of anilines is 1. The first-order chi connectivity index (χ1) is 9.50. The molecule has 1 aromatic carbocycles. The molecule has 2 aliphatic heterocycles. The van der Waals surface area contributed by atoms with Gasteiger partial charge in [-0.25, -0.2) is 0 Å². The molecule has 7 heteroatoms. The van der Waals surface area contributed by atoms with E-state index >= 15 is 0 Å². The summed E-state index contributed by atoms with van der Waals surface area (Å²) in [5.74, 6) is -1.46. The van der Waals surface area contributed by atoms with Gasteiger partial charge in [0.1, 0.15) is 0 Å². The predicted octanol–water partition coefficient (Wildman–Crippen LogP) is -0.558. The molecular weight excluding hydrogens is 257 g/mol. The van der Waals surface area contributed by atoms with E-state index in [1.165, 1.54) is 6.07 Å². The SMILES string of the molecule is [B]=C1CCC(N2C(=O)c3cccc(N)c3C2=O)C(=O)N1. The van der Waals surface area contributed by atoms with Crippen LogP contribution in [0.2, 0.25) is 0 Å². The van der Waals surface area contributed by atoms with Crippen molar-refractivity contribution in [1.82, 2.24) is 10.2 Å². The van der Waals surface area contributed by atoms with E-state index in [0.717, 1.165) is 4.90 Å². The van der Waals surface area contributed by atoms with Crippen LogP contribution in [0.15, 0.2) is 18.2 Å². The fourth-order valence-corrected chi connectivity index (χ4v) is 2.59. The number of fused-ring (bicyclic) bond motifs is 1. The second-order valence-electron chi connectivity index (χ2n) is 4.82. The molecule has 1 aromatic rings. The van der Waals surface area contributed by atoms with Crippen molar-refractivity contribution in [1.29, 1.82) is 0 Å². The zero-order chi connectivity index (χ0) is 14.4. The van der Waals surface area contributed by atoms with Gasteiger partial charge in [-0.2, -0.15) is 0 Å². The van der Waals surface area contributed by atoms with Gasteiger partial charge in [0.2, 0.25) is 0 Å². The average Bonchev–Trinajstić information content (AvgIpc) is 2.64. The van der Waals surface area contributed by atoms with Crippen molar-refractivity contribution >= 4 is 36.5 Å². The van der Waals surface area contributed by atoms with Crippen LogP contribution in [0, 0.1) is 0 Å². The van der Waals surface area contributed by atoms with Crippen molar-refractivity contribution in [2.24, 2.45) is 0 Å². The fourth-order valence-electron chi connectivity index (χ4n) is 2.59. The number of imide groups is 1. The Kier molecular flexibility index (Phi) is 2.70. The Balaban J connectivity index is 2.00. The standard InChI is InChI=1S/C13H11BN3O3/c14-9-5-4-8(11(18)16-9)17-12(19)6-2-1-3-7(15)10(6)13(17)20/h1-3,8H,4-5,15H2,(H,16,18). The summed E-state index contributed by atoms with van der Waals surface area (Å²) in [5, 5.41) is 2.47. The quantitative estimate of drug-likeness (QED) is 0.405. The van der Waals surface area contributed by atoms with E-state index in [0.29, 0.717) is 18.4 Å². The number of amides is 3. The van der Waals surface area contributed by atoms with Crippen molar-refractivity contribution in [3.63, 3.8) is 0 Å². The van der Waals surface area contributed by atoms with E-state index in [-0.39, 0.29) is 16.8 Å². The molecule has 1 saturated heterocycles. The van der Waals surface area contributed by atoms with Gasteiger partial charge < -0.3 is 0 Å². The number of piperidine rings is 1. The van der Waals surface area contributed by atoms with E-state index < -0.39 is 23.8 Å². The maximum atomic E-state index is 12.4. The summed E-state index contributed by atoms with van der Waals surface area (Å²) in [6.07, 6.45) is 0.752. The Morgan fingerprint density at radius 1 is 1.25 bits per heavy atom. The van der Waals surface area contributed by atoms with Crippen LogP contribution in [0.4, 0.5) is 5.69 Å². The van der Waals surface area contributed by atoms with Crippen molar-refractivity contribution in [2.75, 3.05) is 5.73 Å². The molecule has 6 nitrogen and oxygen atoms in total. The molecule has 1 unspecified atom stereocenters. The number of benzene rings is 1. The first-order valence-electron chi connectivity index (χ1n) is 6.19. The average molecular weight is 268 g/mol. The molecule has 2 aliphatic rings. The Morgan fingerprint density at radius 3 is 2.65 bits per heavy atom. The monoisotopic (exact) mass is 268 g/mol. The number of nitrogens with one attached hydrogen (secondary N) is 1. The maximum absolute atomic E-state index is 12.4. The predicted molar refractivity (Wildman–Crippen MR) is 73.3 cm³/mol. The Bertz CT molecular complexity index is 671. The molecule has 1 radical (unpaired) electrons. The molecule has 20 heavy (non-hydrogen) atoms. The number of carbonyl (C=O) groups excluding carboxylic acids is 3. The fraction of sp³-hybridized carbons (Fsp3) is 0.231. The minimum absolute atomic E-state index is 0.174. The third-order valence-electron chi connectivity index (χ3n) is 3.56. The van der Waals surface area contributed by atoms with Crippen LogP contribution >= 0.6 is 0 Å². The van der Waals surface area contributed by atoms with Crippen LogP contribution in [0.25, 0.3) is 0 Å². The summed E-state index contributed by atoms with van der Waals surface area (Å²) < 4.78 is 0. The molecule has 3 N–H and O–H groups in total. The van der Waals surface area contributed by atoms with Gasteiger partial charge in [0, 0.05) is 0 Å². The van der Waals surface area contributed by atoms with Crippen LogP contribution in [0.1, 0.15) is 33.6 Å². The third-order valence-corrected chi connectivity index (χ3v) is 3.56. The molecule has 0 saturated carbocycles. The number of nitrogens with two attached hydrogens (primary N) is 1. The number of nitrogen functional groups attached to an aromatic ring is 1. The molecule has 0 bridgehead atoms. The normalized spacial score (nSPS) is 21.9. The van der Waals surface area contributed by atoms with Gasteiger partial charge in [0.05, 0.1) is 0 Å². The Labute approximate surface area is 116 Å². The molecule has 3 rings (SSSR count). The van der Waals surface area contributed by atoms with Crippen LogP contribution in [-0.2, 0) is 4.79 Å². The molecule has 1 atom stereocenters. The topological polar surface area (TPSA) is 92.5 Å². The van der Waals surface area contributed by atoms with Crippen LogP contribution in [-0.4, -0.2) is 41.7 Å². The van der Waals surface area contributed by atoms with Crippen molar-refractivity contribution in [3.8, 4) is 0 Å². The van der Waals surface area contributed by atoms with Gasteiger partial charge in [0.25, 0.3) is 0 Å². The van der Waals surface area contributed by atoms with Gasteiger partial charge in [-0.1, -0.05) is 0 Å². The summed E-state index contributed by atoms with van der Waals surface area (Å²) in [7, 11) is 5.54. The number of nitrogens with zero attached hydrogens (tertiary/aromatic N) is 1. The van der Waals surface area contributed by atoms with Gasteiger partial charge in [-0.15, -0.1) is 0 Å². The van der Waals surface area contributed by atoms with Gasteiger partial charge in [-0.3, -0.25) is 0 Å². The summed E-state index contributed by atoms with van der Waals surface area (Å²) in [6.45, 7) is 0. The van der Waals surface area contributed by atoms with Gasteiger partial charge in [-0.05, 0) is 0 Å². The van der Waals surface area contributed by atoms with Crippen LogP contribution < -0.4 is 11.1 Å². The van der Waals surface area contributed by atoms with E-state index in [1.54, 1.807) is 12.1 Å². The van der Waals surface area contributed by atoms with Crippen molar-refractivity contribution < 1.29 is 14.4 Å². The third kappa shape index (κ3) is 1.66. The van der Waals surface area contributed by atoms with Gasteiger partial charge >= 0.3 is 115 Å². The first-order valence-corrected chi connectivity index (χ1v) is 6.19. The molecule has 0 aliphatic carbocycles. The first kappa shape index (κ1) is 12.6. The van der Waals surface area contributed by atoms with E-state index in [1.807, 2.05) is 0 Å². The number of rotatable bonds is 1. The molecule has 0 aromatic heterocycles. The number of carbonyl (C=O) groups is 3. The van der Waals surface area contributed by atoms with Crippen LogP contribution in [0.5, 0.6) is 0 Å². The molecule has 2 heterocycles. The number of hydrogen-bond donors (Lipinski definition) is 2. The van der Waals surface area contributed by atoms with E-state index in [4.69, 9.17) is 13.2 Å². The molecular formula is C13H11BN3O3. The van der Waals surface area contributed by atoms with E-state index in [2.05, 4.69) is 5.32 Å². The molecule has 99 valence electrons. The van der Waals surface area contributed by atoms with Crippen molar-refractivity contribution in [2.45, 2.75) is 18.9 Å². The Hall–Kier alpha value is -2.44. The summed E-state index contributed by atoms with van der Waals surface area (Å²) >= 11 is 0. The minimum atomic E-state index is -0.839. The molecule has 0 spiro atoms. The Morgan fingerprint density at radius 2 is 2.00 bits per heavy atom. The summed E-state index contributed by atoms with van der Waals surface area (Å²) in [4.78, 5) is 37.6. The number of hydrogen-bond acceptors (Lipinski definition) is 4. The zero-order valence-electron chi connectivity index (χ0n) is 10.6.